The van der Waals surface area contributed by atoms with E-state index in [1.807, 2.05) is 9.44 Å². The maximum absolute atomic E-state index is 12.6. The van der Waals surface area contributed by atoms with Gasteiger partial charge < -0.3 is 0 Å². The van der Waals surface area contributed by atoms with Gasteiger partial charge in [-0.3, -0.25) is 23.8 Å². The molecule has 2 N–H and O–H groups in total. The first-order valence-corrected chi connectivity index (χ1v) is 14.6. The van der Waals surface area contributed by atoms with Crippen molar-refractivity contribution in [2.24, 2.45) is 5.92 Å². The zero-order valence-corrected chi connectivity index (χ0v) is 18.7. The average Bonchev–Trinajstić information content (AvgIpc) is 2.55. The third-order valence-electron chi connectivity index (χ3n) is 4.24. The molecule has 0 radical (unpaired) electrons. The van der Waals surface area contributed by atoms with Gasteiger partial charge in [0, 0.05) is 5.92 Å². The van der Waals surface area contributed by atoms with Crippen LogP contribution < -0.4 is 9.44 Å². The molecular weight excluding hydrogens is 428 g/mol. The van der Waals surface area contributed by atoms with E-state index in [1.54, 1.807) is 0 Å². The minimum atomic E-state index is -3.65. The summed E-state index contributed by atoms with van der Waals surface area (Å²) in [5.41, 5.74) is 0. The second kappa shape index (κ2) is 11.1. The normalized spacial score (nSPS) is 16.0. The number of nitrogens with one attached hydrogen (secondary N) is 2. The van der Waals surface area contributed by atoms with Crippen LogP contribution in [-0.2, 0) is 45.3 Å². The highest BCUT2D eigenvalue weighted by atomic mass is 32.2. The summed E-state index contributed by atoms with van der Waals surface area (Å²) in [5.74, 6) is -0.453. The number of rotatable bonds is 11. The second-order valence-corrected chi connectivity index (χ2v) is 12.9. The molecule has 12 heteroatoms. The number of amides is 2. The van der Waals surface area contributed by atoms with E-state index in [0.29, 0.717) is 0 Å². The first kappa shape index (κ1) is 24.9. The predicted octanol–water partition coefficient (Wildman–Crippen LogP) is -0.314. The van der Waals surface area contributed by atoms with Gasteiger partial charge in [-0.15, -0.1) is 0 Å². The van der Waals surface area contributed by atoms with Crippen molar-refractivity contribution < 1.29 is 31.2 Å². The molecule has 1 fully saturated rings. The fraction of sp³-hybridized carbons (Fsp3) is 0.812. The molecule has 0 heterocycles. The minimum absolute atomic E-state index is 0.00144. The number of carbonyl (C=O) groups is 3. The molecule has 0 aromatic heterocycles. The maximum atomic E-state index is 12.6. The van der Waals surface area contributed by atoms with Gasteiger partial charge in [0.25, 0.3) is 0 Å². The van der Waals surface area contributed by atoms with Gasteiger partial charge in [-0.2, -0.15) is 0 Å². The largest absolute Gasteiger partial charge is 0.294 e. The lowest BCUT2D eigenvalue weighted by molar-refractivity contribution is -0.121. The van der Waals surface area contributed by atoms with Crippen LogP contribution in [0.15, 0.2) is 0 Å². The maximum Gasteiger partial charge on any atom is 0.238 e. The highest BCUT2D eigenvalue weighted by Gasteiger charge is 2.30. The fourth-order valence-electron chi connectivity index (χ4n) is 2.98. The van der Waals surface area contributed by atoms with Crippen LogP contribution in [0.5, 0.6) is 0 Å². The molecule has 28 heavy (non-hydrogen) atoms. The summed E-state index contributed by atoms with van der Waals surface area (Å²) in [6.07, 6.45) is 6.43. The third kappa shape index (κ3) is 11.6. The van der Waals surface area contributed by atoms with Crippen molar-refractivity contribution in [2.75, 3.05) is 29.8 Å². The van der Waals surface area contributed by atoms with Gasteiger partial charge in [0.2, 0.25) is 31.9 Å². The van der Waals surface area contributed by atoms with Crippen LogP contribution in [0.4, 0.5) is 0 Å². The van der Waals surface area contributed by atoms with Crippen molar-refractivity contribution in [1.29, 1.82) is 0 Å². The van der Waals surface area contributed by atoms with Crippen LogP contribution in [0.2, 0.25) is 0 Å². The molecule has 1 saturated carbocycles. The van der Waals surface area contributed by atoms with Gasteiger partial charge in [0.05, 0.1) is 25.4 Å². The van der Waals surface area contributed by atoms with Crippen molar-refractivity contribution >= 4 is 48.5 Å². The molecule has 0 aromatic rings. The number of sulfonamides is 2. The molecule has 1 aliphatic carbocycles. The molecule has 0 bridgehead atoms. The fourth-order valence-corrected chi connectivity index (χ4v) is 6.09. The second-order valence-electron chi connectivity index (χ2n) is 7.06. The Labute approximate surface area is 169 Å². The van der Waals surface area contributed by atoms with Gasteiger partial charge in [0.15, 0.2) is 11.5 Å². The van der Waals surface area contributed by atoms with Gasteiger partial charge >= 0.3 is 0 Å². The number of hydrogen-bond donors (Lipinski definition) is 2. The Morgan fingerprint density at radius 2 is 1.25 bits per heavy atom. The van der Waals surface area contributed by atoms with E-state index in [-0.39, 0.29) is 41.8 Å². The summed E-state index contributed by atoms with van der Waals surface area (Å²) in [4.78, 5) is 36.1. The molecule has 0 spiro atoms. The molecule has 0 aromatic carbocycles. The lowest BCUT2D eigenvalue weighted by atomic mass is 9.87. The van der Waals surface area contributed by atoms with Crippen molar-refractivity contribution in [1.82, 2.24) is 9.44 Å². The monoisotopic (exact) mass is 457 g/mol. The standard InChI is InChI=1S/C16H28N2O7S3/c1-27(22,23)17-15(20)8-10-26(11-9-16(21)18-28(2,24)25)12-14(19)13-6-4-3-5-7-13/h13H,3-12H2,1-2H3,(H-,17,18,20,21)/p+1. The summed E-state index contributed by atoms with van der Waals surface area (Å²) in [7, 11) is -7.92. The Kier molecular flexibility index (Phi) is 9.91. The van der Waals surface area contributed by atoms with E-state index in [4.69, 9.17) is 0 Å². The van der Waals surface area contributed by atoms with Crippen molar-refractivity contribution in [2.45, 2.75) is 44.9 Å². The lowest BCUT2D eigenvalue weighted by Gasteiger charge is -2.20. The molecule has 9 nitrogen and oxygen atoms in total. The lowest BCUT2D eigenvalue weighted by Crippen LogP contribution is -2.35. The van der Waals surface area contributed by atoms with Crippen LogP contribution in [0.1, 0.15) is 44.9 Å². The molecule has 0 unspecified atom stereocenters. The summed E-state index contributed by atoms with van der Waals surface area (Å²) >= 11 is 0. The van der Waals surface area contributed by atoms with Crippen LogP contribution >= 0.6 is 0 Å². The third-order valence-corrected chi connectivity index (χ3v) is 7.69. The van der Waals surface area contributed by atoms with Crippen molar-refractivity contribution in [3.05, 3.63) is 0 Å². The molecule has 1 rings (SSSR count). The summed E-state index contributed by atoms with van der Waals surface area (Å²) in [6.45, 7) is 0. The van der Waals surface area contributed by atoms with E-state index in [1.165, 1.54) is 0 Å². The Morgan fingerprint density at radius 1 is 0.821 bits per heavy atom. The molecule has 0 saturated heterocycles. The van der Waals surface area contributed by atoms with Crippen LogP contribution in [0.3, 0.4) is 0 Å². The van der Waals surface area contributed by atoms with Crippen molar-refractivity contribution in [3.63, 3.8) is 0 Å². The molecule has 162 valence electrons. The minimum Gasteiger partial charge on any atom is -0.294 e. The topological polar surface area (TPSA) is 144 Å². The number of ketones is 1. The van der Waals surface area contributed by atoms with Gasteiger partial charge in [-0.05, 0) is 23.7 Å². The Bertz CT molecular complexity index is 722. The Balaban J connectivity index is 2.65. The van der Waals surface area contributed by atoms with E-state index in [0.717, 1.165) is 44.6 Å². The van der Waals surface area contributed by atoms with E-state index >= 15 is 0 Å². The first-order valence-electron chi connectivity index (χ1n) is 9.04. The quantitative estimate of drug-likeness (QED) is 0.405. The van der Waals surface area contributed by atoms with Crippen LogP contribution in [0.25, 0.3) is 0 Å². The first-order chi connectivity index (χ1) is 12.9. The van der Waals surface area contributed by atoms with E-state index in [9.17, 15) is 31.2 Å². The number of Topliss-reactive ketones (excluding diaryl/α,β-unsaturated/α-hetero) is 1. The van der Waals surface area contributed by atoms with Crippen LogP contribution in [-0.4, -0.2) is 64.2 Å². The zero-order valence-electron chi connectivity index (χ0n) is 16.2. The molecule has 0 aliphatic heterocycles. The predicted molar refractivity (Wildman–Crippen MR) is 109 cm³/mol. The SMILES string of the molecule is CS(=O)(=O)NC(=O)CC[S+](CCC(=O)NS(C)(=O)=O)CC(=O)C1CCCCC1. The Hall–Kier alpha value is -1.14. The van der Waals surface area contributed by atoms with Gasteiger partial charge in [0.1, 0.15) is 11.5 Å². The van der Waals surface area contributed by atoms with Crippen molar-refractivity contribution in [3.8, 4) is 0 Å². The number of carbonyl (C=O) groups excluding carboxylic acids is 3. The number of hydrogen-bond acceptors (Lipinski definition) is 7. The zero-order chi connectivity index (χ0) is 21.4. The van der Waals surface area contributed by atoms with E-state index in [2.05, 4.69) is 0 Å². The molecular formula is C16H29N2O7S3+. The summed E-state index contributed by atoms with van der Waals surface area (Å²) in [6, 6.07) is 0. The molecule has 2 amide bonds. The smallest absolute Gasteiger partial charge is 0.238 e. The average molecular weight is 458 g/mol. The Morgan fingerprint density at radius 3 is 1.64 bits per heavy atom. The molecule has 1 aliphatic rings. The van der Waals surface area contributed by atoms with Gasteiger partial charge in [-0.1, -0.05) is 19.3 Å². The molecule has 0 atom stereocenters. The summed E-state index contributed by atoms with van der Waals surface area (Å²) < 4.78 is 48.3. The van der Waals surface area contributed by atoms with E-state index < -0.39 is 42.8 Å². The van der Waals surface area contributed by atoms with Gasteiger partial charge in [-0.25, -0.2) is 16.8 Å². The van der Waals surface area contributed by atoms with Crippen LogP contribution in [0, 0.1) is 5.92 Å². The highest BCUT2D eigenvalue weighted by molar-refractivity contribution is 7.97. The summed E-state index contributed by atoms with van der Waals surface area (Å²) in [5, 5.41) is 0. The highest BCUT2D eigenvalue weighted by Crippen LogP contribution is 2.25.